The molecule has 0 bridgehead atoms. The molecule has 1 heterocycles. The normalized spacial score (nSPS) is 10.2. The highest BCUT2D eigenvalue weighted by molar-refractivity contribution is 5.31. The molecule has 78 valence electrons. The van der Waals surface area contributed by atoms with Gasteiger partial charge in [0.2, 0.25) is 17.2 Å². The second-order valence-corrected chi connectivity index (χ2v) is 2.94. The molecule has 0 atom stereocenters. The van der Waals surface area contributed by atoms with Gasteiger partial charge in [-0.1, -0.05) is 0 Å². The Morgan fingerprint density at radius 2 is 2.13 bits per heavy atom. The van der Waals surface area contributed by atoms with Crippen LogP contribution < -0.4 is 9.42 Å². The minimum absolute atomic E-state index is 0.0314. The first-order valence-corrected chi connectivity index (χ1v) is 4.63. The van der Waals surface area contributed by atoms with E-state index >= 15 is 0 Å². The summed E-state index contributed by atoms with van der Waals surface area (Å²) in [7, 11) is 0. The van der Waals surface area contributed by atoms with Crippen LogP contribution in [0.1, 0.15) is 6.92 Å². The first-order chi connectivity index (χ1) is 7.29. The zero-order valence-corrected chi connectivity index (χ0v) is 8.30. The second-order valence-electron chi connectivity index (χ2n) is 2.94. The van der Waals surface area contributed by atoms with Crippen molar-refractivity contribution in [2.45, 2.75) is 6.92 Å². The van der Waals surface area contributed by atoms with Gasteiger partial charge in [0.05, 0.1) is 6.61 Å². The lowest BCUT2D eigenvalue weighted by atomic mass is 10.3. The fourth-order valence-corrected chi connectivity index (χ4v) is 1.23. The number of ether oxygens (including phenoxy) is 1. The monoisotopic (exact) mass is 205 g/mol. The molecule has 2 aromatic rings. The van der Waals surface area contributed by atoms with Crippen molar-refractivity contribution >= 4 is 5.88 Å². The van der Waals surface area contributed by atoms with Crippen molar-refractivity contribution in [3.05, 3.63) is 36.2 Å². The molecule has 0 unspecified atom stereocenters. The van der Waals surface area contributed by atoms with E-state index < -0.39 is 0 Å². The summed E-state index contributed by atoms with van der Waals surface area (Å²) in [5.74, 6) is 0.848. The van der Waals surface area contributed by atoms with Crippen LogP contribution in [0.4, 0.5) is 5.88 Å². The maximum atomic E-state index is 7.20. The SMILES string of the molecule is CCOc1ccc(-[n+]2cc([NH-])on2)cc1. The third kappa shape index (κ3) is 2.07. The van der Waals surface area contributed by atoms with Gasteiger partial charge in [-0.25, -0.2) is 0 Å². The Morgan fingerprint density at radius 1 is 1.40 bits per heavy atom. The minimum atomic E-state index is 0.0314. The summed E-state index contributed by atoms with van der Waals surface area (Å²) in [6.07, 6.45) is 1.50. The molecular weight excluding hydrogens is 194 g/mol. The molecule has 0 saturated carbocycles. The zero-order valence-electron chi connectivity index (χ0n) is 8.30. The lowest BCUT2D eigenvalue weighted by molar-refractivity contribution is -0.670. The predicted molar refractivity (Wildman–Crippen MR) is 53.2 cm³/mol. The predicted octanol–water partition coefficient (Wildman–Crippen LogP) is 2.03. The molecule has 0 fully saturated rings. The molecule has 1 N–H and O–H groups in total. The zero-order chi connectivity index (χ0) is 10.7. The number of benzene rings is 1. The van der Waals surface area contributed by atoms with E-state index in [2.05, 4.69) is 9.79 Å². The summed E-state index contributed by atoms with van der Waals surface area (Å²) in [6.45, 7) is 2.58. The third-order valence-electron chi connectivity index (χ3n) is 1.88. The Kier molecular flexibility index (Phi) is 2.53. The molecule has 1 aromatic carbocycles. The van der Waals surface area contributed by atoms with E-state index in [9.17, 15) is 0 Å². The lowest BCUT2D eigenvalue weighted by Crippen LogP contribution is -2.30. The van der Waals surface area contributed by atoms with Crippen molar-refractivity contribution < 1.29 is 13.9 Å². The van der Waals surface area contributed by atoms with E-state index in [-0.39, 0.29) is 5.88 Å². The van der Waals surface area contributed by atoms with E-state index in [0.29, 0.717) is 6.61 Å². The quantitative estimate of drug-likeness (QED) is 0.720. The topological polar surface area (TPSA) is 62.9 Å². The number of aromatic nitrogens is 2. The maximum absolute atomic E-state index is 7.20. The fourth-order valence-electron chi connectivity index (χ4n) is 1.23. The summed E-state index contributed by atoms with van der Waals surface area (Å²) < 4.78 is 11.5. The number of nitrogens with zero attached hydrogens (tertiary/aromatic N) is 2. The smallest absolute Gasteiger partial charge is 0.241 e. The summed E-state index contributed by atoms with van der Waals surface area (Å²) in [6, 6.07) is 7.41. The van der Waals surface area contributed by atoms with Crippen LogP contribution in [0.15, 0.2) is 35.0 Å². The molecule has 2 rings (SSSR count). The number of rotatable bonds is 3. The van der Waals surface area contributed by atoms with Crippen LogP contribution >= 0.6 is 0 Å². The molecule has 0 aliphatic rings. The first kappa shape index (κ1) is 9.51. The summed E-state index contributed by atoms with van der Waals surface area (Å²) in [5.41, 5.74) is 8.03. The summed E-state index contributed by atoms with van der Waals surface area (Å²) >= 11 is 0. The van der Waals surface area contributed by atoms with Gasteiger partial charge in [0.1, 0.15) is 11.6 Å². The fraction of sp³-hybridized carbons (Fsp3) is 0.200. The van der Waals surface area contributed by atoms with Crippen molar-refractivity contribution in [2.75, 3.05) is 6.61 Å². The molecule has 0 spiro atoms. The van der Waals surface area contributed by atoms with E-state index in [4.69, 9.17) is 10.5 Å². The van der Waals surface area contributed by atoms with E-state index in [1.54, 1.807) is 0 Å². The highest BCUT2D eigenvalue weighted by Gasteiger charge is 2.09. The van der Waals surface area contributed by atoms with Gasteiger partial charge in [-0.15, -0.1) is 0 Å². The van der Waals surface area contributed by atoms with Gasteiger partial charge in [0.15, 0.2) is 0 Å². The maximum Gasteiger partial charge on any atom is 0.241 e. The Balaban J connectivity index is 2.23. The van der Waals surface area contributed by atoms with Gasteiger partial charge < -0.3 is 15.0 Å². The van der Waals surface area contributed by atoms with E-state index in [1.807, 2.05) is 31.2 Å². The van der Waals surface area contributed by atoms with Crippen LogP contribution in [0.5, 0.6) is 5.75 Å². The molecule has 0 aliphatic heterocycles. The highest BCUT2D eigenvalue weighted by Crippen LogP contribution is 2.12. The average Bonchev–Trinajstić information content (AvgIpc) is 2.67. The van der Waals surface area contributed by atoms with Crippen LogP contribution in [0.25, 0.3) is 11.4 Å². The second kappa shape index (κ2) is 4.00. The van der Waals surface area contributed by atoms with Crippen molar-refractivity contribution in [1.82, 2.24) is 5.27 Å². The summed E-state index contributed by atoms with van der Waals surface area (Å²) in [4.78, 5) is 0. The molecular formula is C10H11N3O2. The van der Waals surface area contributed by atoms with Gasteiger partial charge in [-0.2, -0.15) is 0 Å². The van der Waals surface area contributed by atoms with Gasteiger partial charge in [-0.3, -0.25) is 0 Å². The van der Waals surface area contributed by atoms with Crippen LogP contribution in [0.3, 0.4) is 0 Å². The number of hydrogen-bond acceptors (Lipinski definition) is 3. The van der Waals surface area contributed by atoms with Crippen molar-refractivity contribution in [3.63, 3.8) is 0 Å². The highest BCUT2D eigenvalue weighted by atomic mass is 16.5. The molecule has 0 radical (unpaired) electrons. The Hall–Kier alpha value is -2.04. The van der Waals surface area contributed by atoms with E-state index in [1.165, 1.54) is 10.9 Å². The van der Waals surface area contributed by atoms with Gasteiger partial charge in [0, 0.05) is 12.1 Å². The minimum Gasteiger partial charge on any atom is -0.660 e. The first-order valence-electron chi connectivity index (χ1n) is 4.63. The molecule has 5 nitrogen and oxygen atoms in total. The number of nitrogens with one attached hydrogen (secondary N) is 1. The van der Waals surface area contributed by atoms with Crippen molar-refractivity contribution in [1.29, 1.82) is 0 Å². The molecule has 15 heavy (non-hydrogen) atoms. The Morgan fingerprint density at radius 3 is 2.67 bits per heavy atom. The van der Waals surface area contributed by atoms with Crippen LogP contribution in [-0.4, -0.2) is 11.9 Å². The molecule has 0 saturated heterocycles. The van der Waals surface area contributed by atoms with Gasteiger partial charge >= 0.3 is 0 Å². The number of hydrogen-bond donors (Lipinski definition) is 0. The largest absolute Gasteiger partial charge is 0.660 e. The Bertz CT molecular complexity index is 436. The third-order valence-corrected chi connectivity index (χ3v) is 1.88. The molecule has 0 amide bonds. The molecule has 0 aliphatic carbocycles. The molecule has 1 aromatic heterocycles. The van der Waals surface area contributed by atoms with Gasteiger partial charge in [0.25, 0.3) is 0 Å². The van der Waals surface area contributed by atoms with Crippen LogP contribution in [0.2, 0.25) is 0 Å². The van der Waals surface area contributed by atoms with Crippen molar-refractivity contribution in [3.8, 4) is 11.4 Å². The summed E-state index contributed by atoms with van der Waals surface area (Å²) in [5, 5.41) is 3.68. The average molecular weight is 205 g/mol. The molecule has 5 heteroatoms. The van der Waals surface area contributed by atoms with Gasteiger partial charge in [-0.05, 0) is 23.7 Å². The van der Waals surface area contributed by atoms with Crippen LogP contribution in [-0.2, 0) is 0 Å². The lowest BCUT2D eigenvalue weighted by Gasteiger charge is -2.00. The Labute approximate surface area is 87.0 Å². The van der Waals surface area contributed by atoms with E-state index in [0.717, 1.165) is 11.4 Å². The van der Waals surface area contributed by atoms with Crippen LogP contribution in [0, 0.1) is 0 Å². The van der Waals surface area contributed by atoms with Crippen molar-refractivity contribution in [2.24, 2.45) is 0 Å². The standard InChI is InChI=1S/C10H11N3O2/c1-2-14-9-5-3-8(4-6-9)13-7-10(11)15-12-13/h3-7,11H,2H2,1H3.